The Kier molecular flexibility index (Phi) is 4.75. The van der Waals surface area contributed by atoms with Gasteiger partial charge in [0, 0.05) is 5.02 Å². The third-order valence-corrected chi connectivity index (χ3v) is 4.34. The number of aryl methyl sites for hydroxylation is 1. The molecule has 1 atom stereocenters. The SMILES string of the molecule is CNC(c1ccc(C(C)(C)C)cc1)c1ccc(Cl)c(C)c1. The highest BCUT2D eigenvalue weighted by Crippen LogP contribution is 2.28. The molecule has 0 amide bonds. The van der Waals surface area contributed by atoms with Crippen molar-refractivity contribution in [1.29, 1.82) is 0 Å². The van der Waals surface area contributed by atoms with E-state index in [9.17, 15) is 0 Å². The monoisotopic (exact) mass is 301 g/mol. The third-order valence-electron chi connectivity index (χ3n) is 3.91. The quantitative estimate of drug-likeness (QED) is 0.816. The first-order valence-corrected chi connectivity index (χ1v) is 7.74. The van der Waals surface area contributed by atoms with Crippen molar-refractivity contribution in [2.24, 2.45) is 0 Å². The minimum Gasteiger partial charge on any atom is -0.309 e. The normalized spacial score (nSPS) is 13.2. The van der Waals surface area contributed by atoms with Gasteiger partial charge in [0.1, 0.15) is 0 Å². The Labute approximate surface area is 133 Å². The fourth-order valence-electron chi connectivity index (χ4n) is 2.55. The topological polar surface area (TPSA) is 12.0 Å². The van der Waals surface area contributed by atoms with Crippen LogP contribution >= 0.6 is 11.6 Å². The smallest absolute Gasteiger partial charge is 0.0574 e. The van der Waals surface area contributed by atoms with E-state index >= 15 is 0 Å². The van der Waals surface area contributed by atoms with Gasteiger partial charge in [0.2, 0.25) is 0 Å². The van der Waals surface area contributed by atoms with Crippen molar-refractivity contribution in [2.45, 2.75) is 39.2 Å². The number of hydrogen-bond acceptors (Lipinski definition) is 1. The zero-order valence-electron chi connectivity index (χ0n) is 13.5. The summed E-state index contributed by atoms with van der Waals surface area (Å²) in [5.41, 5.74) is 5.16. The standard InChI is InChI=1S/C19H24ClN/c1-13-12-15(8-11-17(13)20)18(21-5)14-6-9-16(10-7-14)19(2,3)4/h6-12,18,21H,1-5H3. The minimum atomic E-state index is 0.185. The first-order valence-electron chi connectivity index (χ1n) is 7.36. The molecule has 0 saturated heterocycles. The Balaban J connectivity index is 2.35. The highest BCUT2D eigenvalue weighted by atomic mass is 35.5. The van der Waals surface area contributed by atoms with Crippen LogP contribution in [0, 0.1) is 6.92 Å². The van der Waals surface area contributed by atoms with Crippen LogP contribution in [0.15, 0.2) is 42.5 Å². The summed E-state index contributed by atoms with van der Waals surface area (Å²) in [6.07, 6.45) is 0. The summed E-state index contributed by atoms with van der Waals surface area (Å²) in [6, 6.07) is 15.3. The van der Waals surface area contributed by atoms with Crippen LogP contribution in [0.3, 0.4) is 0 Å². The zero-order valence-corrected chi connectivity index (χ0v) is 14.3. The predicted molar refractivity (Wildman–Crippen MR) is 92.2 cm³/mol. The first kappa shape index (κ1) is 16.1. The van der Waals surface area contributed by atoms with E-state index in [1.54, 1.807) is 0 Å². The molecule has 2 heteroatoms. The Morgan fingerprint density at radius 3 is 2.00 bits per heavy atom. The highest BCUT2D eigenvalue weighted by Gasteiger charge is 2.16. The van der Waals surface area contributed by atoms with Gasteiger partial charge in [-0.1, -0.05) is 68.8 Å². The molecule has 0 aliphatic rings. The average Bonchev–Trinajstić information content (AvgIpc) is 2.43. The van der Waals surface area contributed by atoms with E-state index in [0.29, 0.717) is 0 Å². The van der Waals surface area contributed by atoms with E-state index in [0.717, 1.165) is 10.6 Å². The third kappa shape index (κ3) is 3.66. The Morgan fingerprint density at radius 2 is 1.52 bits per heavy atom. The van der Waals surface area contributed by atoms with Crippen LogP contribution in [-0.4, -0.2) is 7.05 Å². The molecule has 2 aromatic carbocycles. The van der Waals surface area contributed by atoms with Gasteiger partial charge in [-0.3, -0.25) is 0 Å². The molecule has 0 bridgehead atoms. The lowest BCUT2D eigenvalue weighted by molar-refractivity contribution is 0.589. The van der Waals surface area contributed by atoms with Gasteiger partial charge >= 0.3 is 0 Å². The molecule has 1 nitrogen and oxygen atoms in total. The summed E-state index contributed by atoms with van der Waals surface area (Å²) < 4.78 is 0. The number of nitrogens with one attached hydrogen (secondary N) is 1. The van der Waals surface area contributed by atoms with E-state index in [2.05, 4.69) is 62.5 Å². The van der Waals surface area contributed by atoms with Crippen molar-refractivity contribution >= 4 is 11.6 Å². The molecule has 1 N–H and O–H groups in total. The lowest BCUT2D eigenvalue weighted by Gasteiger charge is -2.22. The Hall–Kier alpha value is -1.31. The Morgan fingerprint density at radius 1 is 0.952 bits per heavy atom. The molecule has 2 rings (SSSR count). The molecule has 0 aromatic heterocycles. The van der Waals surface area contributed by atoms with Crippen molar-refractivity contribution in [1.82, 2.24) is 5.32 Å². The van der Waals surface area contributed by atoms with Gasteiger partial charge in [0.15, 0.2) is 0 Å². The molecule has 21 heavy (non-hydrogen) atoms. The van der Waals surface area contributed by atoms with Gasteiger partial charge in [-0.05, 0) is 47.7 Å². The van der Waals surface area contributed by atoms with E-state index in [-0.39, 0.29) is 11.5 Å². The molecule has 0 saturated carbocycles. The maximum Gasteiger partial charge on any atom is 0.0574 e. The minimum absolute atomic E-state index is 0.185. The van der Waals surface area contributed by atoms with Gasteiger partial charge in [-0.25, -0.2) is 0 Å². The molecule has 0 spiro atoms. The fourth-order valence-corrected chi connectivity index (χ4v) is 2.67. The largest absolute Gasteiger partial charge is 0.309 e. The van der Waals surface area contributed by atoms with E-state index in [1.807, 2.05) is 20.0 Å². The molecule has 0 heterocycles. The highest BCUT2D eigenvalue weighted by molar-refractivity contribution is 6.31. The molecule has 0 fully saturated rings. The van der Waals surface area contributed by atoms with Crippen molar-refractivity contribution in [3.63, 3.8) is 0 Å². The van der Waals surface area contributed by atoms with Gasteiger partial charge in [0.25, 0.3) is 0 Å². The molecule has 0 aliphatic heterocycles. The first-order chi connectivity index (χ1) is 9.82. The maximum atomic E-state index is 6.13. The summed E-state index contributed by atoms with van der Waals surface area (Å²) in [5.74, 6) is 0. The summed E-state index contributed by atoms with van der Waals surface area (Å²) in [5, 5.41) is 4.21. The molecule has 0 radical (unpaired) electrons. The van der Waals surface area contributed by atoms with Crippen molar-refractivity contribution in [3.8, 4) is 0 Å². The van der Waals surface area contributed by atoms with Crippen LogP contribution in [-0.2, 0) is 5.41 Å². The molecular weight excluding hydrogens is 278 g/mol. The zero-order chi connectivity index (χ0) is 15.6. The molecule has 0 aliphatic carbocycles. The van der Waals surface area contributed by atoms with Gasteiger partial charge in [-0.2, -0.15) is 0 Å². The lowest BCUT2D eigenvalue weighted by atomic mass is 9.85. The number of rotatable bonds is 3. The molecule has 2 aromatic rings. The van der Waals surface area contributed by atoms with Crippen LogP contribution in [0.4, 0.5) is 0 Å². The maximum absolute atomic E-state index is 6.13. The van der Waals surface area contributed by atoms with E-state index in [4.69, 9.17) is 11.6 Å². The molecular formula is C19H24ClN. The van der Waals surface area contributed by atoms with Crippen LogP contribution in [0.2, 0.25) is 5.02 Å². The summed E-state index contributed by atoms with van der Waals surface area (Å²) in [7, 11) is 1.99. The van der Waals surface area contributed by atoms with Crippen LogP contribution in [0.1, 0.15) is 49.1 Å². The summed E-state index contributed by atoms with van der Waals surface area (Å²) >= 11 is 6.13. The van der Waals surface area contributed by atoms with Crippen molar-refractivity contribution < 1.29 is 0 Å². The van der Waals surface area contributed by atoms with Gasteiger partial charge < -0.3 is 5.32 Å². The second kappa shape index (κ2) is 6.21. The lowest BCUT2D eigenvalue weighted by Crippen LogP contribution is -2.18. The number of hydrogen-bond donors (Lipinski definition) is 1. The second-order valence-electron chi connectivity index (χ2n) is 6.60. The molecule has 1 unspecified atom stereocenters. The number of benzene rings is 2. The molecule has 112 valence electrons. The summed E-state index contributed by atoms with van der Waals surface area (Å²) in [4.78, 5) is 0. The van der Waals surface area contributed by atoms with E-state index < -0.39 is 0 Å². The van der Waals surface area contributed by atoms with Crippen LogP contribution in [0.5, 0.6) is 0 Å². The van der Waals surface area contributed by atoms with Gasteiger partial charge in [0.05, 0.1) is 6.04 Å². The second-order valence-corrected chi connectivity index (χ2v) is 7.01. The summed E-state index contributed by atoms with van der Waals surface area (Å²) in [6.45, 7) is 8.75. The van der Waals surface area contributed by atoms with Crippen molar-refractivity contribution in [2.75, 3.05) is 7.05 Å². The Bertz CT molecular complexity index is 608. The van der Waals surface area contributed by atoms with Crippen LogP contribution < -0.4 is 5.32 Å². The van der Waals surface area contributed by atoms with Crippen LogP contribution in [0.25, 0.3) is 0 Å². The average molecular weight is 302 g/mol. The predicted octanol–water partition coefficient (Wildman–Crippen LogP) is 5.25. The van der Waals surface area contributed by atoms with E-state index in [1.165, 1.54) is 16.7 Å². The fraction of sp³-hybridized carbons (Fsp3) is 0.368. The number of halogens is 1. The van der Waals surface area contributed by atoms with Crippen molar-refractivity contribution in [3.05, 3.63) is 69.7 Å². The van der Waals surface area contributed by atoms with Gasteiger partial charge in [-0.15, -0.1) is 0 Å².